The SMILES string of the molecule is NCCCNC(=O)Cc1c[nH]c2ccccc12. The Bertz CT molecular complexity index is 504. The average molecular weight is 231 g/mol. The minimum absolute atomic E-state index is 0.0446. The molecular weight excluding hydrogens is 214 g/mol. The molecule has 4 nitrogen and oxygen atoms in total. The van der Waals surface area contributed by atoms with Gasteiger partial charge in [0.25, 0.3) is 0 Å². The molecule has 0 aliphatic rings. The maximum absolute atomic E-state index is 11.7. The number of rotatable bonds is 5. The van der Waals surface area contributed by atoms with Crippen LogP contribution in [0.5, 0.6) is 0 Å². The lowest BCUT2D eigenvalue weighted by atomic mass is 10.1. The summed E-state index contributed by atoms with van der Waals surface area (Å²) in [6.07, 6.45) is 3.13. The summed E-state index contributed by atoms with van der Waals surface area (Å²) in [6, 6.07) is 7.98. The fraction of sp³-hybridized carbons (Fsp3) is 0.308. The van der Waals surface area contributed by atoms with Gasteiger partial charge in [0, 0.05) is 23.6 Å². The van der Waals surface area contributed by atoms with Crippen molar-refractivity contribution in [2.45, 2.75) is 12.8 Å². The van der Waals surface area contributed by atoms with Crippen molar-refractivity contribution < 1.29 is 4.79 Å². The predicted octanol–water partition coefficient (Wildman–Crippen LogP) is 1.18. The highest BCUT2D eigenvalue weighted by molar-refractivity contribution is 5.88. The van der Waals surface area contributed by atoms with Crippen molar-refractivity contribution in [1.29, 1.82) is 0 Å². The number of aromatic nitrogens is 1. The maximum atomic E-state index is 11.7. The van der Waals surface area contributed by atoms with Crippen LogP contribution in [0.2, 0.25) is 0 Å². The van der Waals surface area contributed by atoms with Crippen molar-refractivity contribution in [3.63, 3.8) is 0 Å². The molecule has 2 rings (SSSR count). The van der Waals surface area contributed by atoms with Crippen molar-refractivity contribution in [2.24, 2.45) is 5.73 Å². The minimum Gasteiger partial charge on any atom is -0.361 e. The fourth-order valence-electron chi connectivity index (χ4n) is 1.84. The average Bonchev–Trinajstić information content (AvgIpc) is 2.73. The zero-order valence-electron chi connectivity index (χ0n) is 9.70. The van der Waals surface area contributed by atoms with Crippen LogP contribution in [0.4, 0.5) is 0 Å². The summed E-state index contributed by atoms with van der Waals surface area (Å²) in [7, 11) is 0. The number of aromatic amines is 1. The van der Waals surface area contributed by atoms with E-state index in [0.29, 0.717) is 19.5 Å². The van der Waals surface area contributed by atoms with Crippen LogP contribution >= 0.6 is 0 Å². The number of nitrogens with one attached hydrogen (secondary N) is 2. The molecule has 90 valence electrons. The second kappa shape index (κ2) is 5.50. The Labute approximate surface area is 100 Å². The third-order valence-electron chi connectivity index (χ3n) is 2.73. The Morgan fingerprint density at radius 2 is 2.18 bits per heavy atom. The number of nitrogens with two attached hydrogens (primary N) is 1. The Balaban J connectivity index is 2.01. The fourth-order valence-corrected chi connectivity index (χ4v) is 1.84. The topological polar surface area (TPSA) is 70.9 Å². The highest BCUT2D eigenvalue weighted by Crippen LogP contribution is 2.17. The molecule has 0 spiro atoms. The molecule has 0 saturated heterocycles. The van der Waals surface area contributed by atoms with Gasteiger partial charge in [-0.3, -0.25) is 4.79 Å². The molecule has 0 unspecified atom stereocenters. The van der Waals surface area contributed by atoms with Gasteiger partial charge in [-0.2, -0.15) is 0 Å². The van der Waals surface area contributed by atoms with E-state index in [1.54, 1.807) is 0 Å². The van der Waals surface area contributed by atoms with Crippen LogP contribution in [-0.4, -0.2) is 24.0 Å². The van der Waals surface area contributed by atoms with Crippen LogP contribution in [0.3, 0.4) is 0 Å². The molecule has 1 aromatic heterocycles. The van der Waals surface area contributed by atoms with Crippen molar-refractivity contribution >= 4 is 16.8 Å². The number of amides is 1. The number of benzene rings is 1. The molecule has 0 aliphatic carbocycles. The first kappa shape index (κ1) is 11.7. The van der Waals surface area contributed by atoms with E-state index < -0.39 is 0 Å². The van der Waals surface area contributed by atoms with Gasteiger partial charge in [-0.05, 0) is 24.6 Å². The first-order valence-electron chi connectivity index (χ1n) is 5.83. The van der Waals surface area contributed by atoms with Gasteiger partial charge in [0.15, 0.2) is 0 Å². The quantitative estimate of drug-likeness (QED) is 0.676. The highest BCUT2D eigenvalue weighted by Gasteiger charge is 2.07. The summed E-state index contributed by atoms with van der Waals surface area (Å²) in [6.45, 7) is 1.26. The van der Waals surface area contributed by atoms with E-state index in [1.165, 1.54) is 0 Å². The summed E-state index contributed by atoms with van der Waals surface area (Å²) in [4.78, 5) is 14.8. The number of carbonyl (C=O) groups excluding carboxylic acids is 1. The van der Waals surface area contributed by atoms with E-state index in [1.807, 2.05) is 30.5 Å². The van der Waals surface area contributed by atoms with Gasteiger partial charge in [-0.1, -0.05) is 18.2 Å². The molecule has 0 aliphatic heterocycles. The second-order valence-electron chi connectivity index (χ2n) is 4.03. The molecule has 0 atom stereocenters. The van der Waals surface area contributed by atoms with E-state index in [0.717, 1.165) is 22.9 Å². The van der Waals surface area contributed by atoms with Crippen LogP contribution in [0.1, 0.15) is 12.0 Å². The molecule has 0 radical (unpaired) electrons. The molecule has 4 heteroatoms. The van der Waals surface area contributed by atoms with Crippen molar-refractivity contribution in [1.82, 2.24) is 10.3 Å². The second-order valence-corrected chi connectivity index (χ2v) is 4.03. The van der Waals surface area contributed by atoms with Gasteiger partial charge in [-0.25, -0.2) is 0 Å². The lowest BCUT2D eigenvalue weighted by molar-refractivity contribution is -0.120. The Kier molecular flexibility index (Phi) is 3.77. The number of H-pyrrole nitrogens is 1. The Morgan fingerprint density at radius 1 is 1.35 bits per heavy atom. The molecule has 0 fully saturated rings. The molecule has 1 aromatic carbocycles. The molecule has 17 heavy (non-hydrogen) atoms. The zero-order chi connectivity index (χ0) is 12.1. The third kappa shape index (κ3) is 2.85. The molecule has 1 amide bonds. The first-order valence-corrected chi connectivity index (χ1v) is 5.83. The largest absolute Gasteiger partial charge is 0.361 e. The van der Waals surface area contributed by atoms with Crippen molar-refractivity contribution in [3.05, 3.63) is 36.0 Å². The molecule has 0 bridgehead atoms. The number of carbonyl (C=O) groups is 1. The number of hydrogen-bond acceptors (Lipinski definition) is 2. The predicted molar refractivity (Wildman–Crippen MR) is 68.7 cm³/mol. The summed E-state index contributed by atoms with van der Waals surface area (Å²) in [5, 5.41) is 3.97. The van der Waals surface area contributed by atoms with Crippen molar-refractivity contribution in [3.8, 4) is 0 Å². The molecule has 1 heterocycles. The summed E-state index contributed by atoms with van der Waals surface area (Å²) >= 11 is 0. The van der Waals surface area contributed by atoms with Crippen LogP contribution in [0.15, 0.2) is 30.5 Å². The Hall–Kier alpha value is -1.81. The van der Waals surface area contributed by atoms with Gasteiger partial charge >= 0.3 is 0 Å². The van der Waals surface area contributed by atoms with E-state index in [2.05, 4.69) is 10.3 Å². The summed E-state index contributed by atoms with van der Waals surface area (Å²) < 4.78 is 0. The van der Waals surface area contributed by atoms with Crippen LogP contribution in [-0.2, 0) is 11.2 Å². The van der Waals surface area contributed by atoms with Gasteiger partial charge in [0.05, 0.1) is 6.42 Å². The van der Waals surface area contributed by atoms with Crippen LogP contribution in [0.25, 0.3) is 10.9 Å². The smallest absolute Gasteiger partial charge is 0.224 e. The molecule has 2 aromatic rings. The van der Waals surface area contributed by atoms with Gasteiger partial charge in [0.1, 0.15) is 0 Å². The lowest BCUT2D eigenvalue weighted by Gasteiger charge is -2.03. The van der Waals surface area contributed by atoms with Gasteiger partial charge in [0.2, 0.25) is 5.91 Å². The van der Waals surface area contributed by atoms with Gasteiger partial charge in [-0.15, -0.1) is 0 Å². The monoisotopic (exact) mass is 231 g/mol. The Morgan fingerprint density at radius 3 is 3.00 bits per heavy atom. The van der Waals surface area contributed by atoms with E-state index in [-0.39, 0.29) is 5.91 Å². The van der Waals surface area contributed by atoms with E-state index in [4.69, 9.17) is 5.73 Å². The molecular formula is C13H17N3O. The third-order valence-corrected chi connectivity index (χ3v) is 2.73. The lowest BCUT2D eigenvalue weighted by Crippen LogP contribution is -2.27. The number of hydrogen-bond donors (Lipinski definition) is 3. The molecule has 4 N–H and O–H groups in total. The zero-order valence-corrected chi connectivity index (χ0v) is 9.70. The maximum Gasteiger partial charge on any atom is 0.224 e. The molecule has 0 saturated carbocycles. The highest BCUT2D eigenvalue weighted by atomic mass is 16.1. The normalized spacial score (nSPS) is 10.6. The van der Waals surface area contributed by atoms with Crippen molar-refractivity contribution in [2.75, 3.05) is 13.1 Å². The van der Waals surface area contributed by atoms with Gasteiger partial charge < -0.3 is 16.0 Å². The standard InChI is InChI=1S/C13H17N3O/c14-6-3-7-15-13(17)8-10-9-16-12-5-2-1-4-11(10)12/h1-2,4-5,9,16H,3,6-8,14H2,(H,15,17). The summed E-state index contributed by atoms with van der Waals surface area (Å²) in [5.41, 5.74) is 7.47. The van der Waals surface area contributed by atoms with E-state index in [9.17, 15) is 4.79 Å². The summed E-state index contributed by atoms with van der Waals surface area (Å²) in [5.74, 6) is 0.0446. The van der Waals surface area contributed by atoms with Crippen LogP contribution < -0.4 is 11.1 Å². The van der Waals surface area contributed by atoms with Crippen LogP contribution in [0, 0.1) is 0 Å². The van der Waals surface area contributed by atoms with E-state index >= 15 is 0 Å². The first-order chi connectivity index (χ1) is 8.31. The number of fused-ring (bicyclic) bond motifs is 1. The number of para-hydroxylation sites is 1. The minimum atomic E-state index is 0.0446.